The van der Waals surface area contributed by atoms with Crippen LogP contribution in [-0.2, 0) is 51.8 Å². The first-order valence-electron chi connectivity index (χ1n) is 16.5. The van der Waals surface area contributed by atoms with Crippen molar-refractivity contribution in [3.63, 3.8) is 0 Å². The zero-order valence-electron chi connectivity index (χ0n) is 28.5. The molecule has 0 spiro atoms. The molecule has 1 heterocycles. The summed E-state index contributed by atoms with van der Waals surface area (Å²) in [6, 6.07) is 0. The maximum absolute atomic E-state index is 6.08. The van der Waals surface area contributed by atoms with E-state index in [9.17, 15) is 0 Å². The zero-order valence-corrected chi connectivity index (χ0v) is 29.5. The monoisotopic (exact) mass is 655 g/mol. The van der Waals surface area contributed by atoms with Crippen molar-refractivity contribution in [1.29, 1.82) is 0 Å². The molecule has 1 rings (SSSR count). The maximum Gasteiger partial charge on any atom is 0.192 e. The van der Waals surface area contributed by atoms with Crippen LogP contribution in [0.25, 0.3) is 0 Å². The molecule has 0 radical (unpaired) electrons. The molecule has 0 aromatic rings. The summed E-state index contributed by atoms with van der Waals surface area (Å²) in [6.45, 7) is 24.4. The second-order valence-electron chi connectivity index (χ2n) is 11.9. The molecule has 0 unspecified atom stereocenters. The van der Waals surface area contributed by atoms with Crippen LogP contribution in [0.3, 0.4) is 0 Å². The standard InChI is InChI=1S/C31H65NO11Si/c1-31(2,3)44(4,5)43-29-27-41-25-23-39-21-19-37-17-15-35-13-11-33-10-12-34-14-16-36-18-20-38-22-24-40-26-28-42-30-6-8-32-9-7-30/h30,32H,6-29H2,1-5H3. The van der Waals surface area contributed by atoms with Crippen LogP contribution in [0, 0.1) is 0 Å². The summed E-state index contributed by atoms with van der Waals surface area (Å²) >= 11 is 0. The van der Waals surface area contributed by atoms with E-state index >= 15 is 0 Å². The first-order chi connectivity index (χ1) is 21.3. The average Bonchev–Trinajstić information content (AvgIpc) is 3.00. The second-order valence-corrected chi connectivity index (χ2v) is 16.7. The van der Waals surface area contributed by atoms with Gasteiger partial charge in [-0.2, -0.15) is 0 Å². The molecule has 1 saturated heterocycles. The van der Waals surface area contributed by atoms with Gasteiger partial charge in [-0.3, -0.25) is 0 Å². The maximum atomic E-state index is 6.08. The third-order valence-corrected chi connectivity index (χ3v) is 11.9. The summed E-state index contributed by atoms with van der Waals surface area (Å²) < 4.78 is 61.5. The van der Waals surface area contributed by atoms with Gasteiger partial charge in [0.15, 0.2) is 8.32 Å². The van der Waals surface area contributed by atoms with Crippen LogP contribution in [0.2, 0.25) is 18.1 Å². The Morgan fingerprint density at radius 3 is 1.02 bits per heavy atom. The summed E-state index contributed by atoms with van der Waals surface area (Å²) in [5.41, 5.74) is 0. The van der Waals surface area contributed by atoms with Crippen LogP contribution >= 0.6 is 0 Å². The van der Waals surface area contributed by atoms with Crippen molar-refractivity contribution >= 4 is 8.32 Å². The Hall–Kier alpha value is -0.263. The summed E-state index contributed by atoms with van der Waals surface area (Å²) in [6.07, 6.45) is 2.54. The Kier molecular flexibility index (Phi) is 27.4. The van der Waals surface area contributed by atoms with E-state index in [-0.39, 0.29) is 5.04 Å². The lowest BCUT2D eigenvalue weighted by Crippen LogP contribution is -2.41. The Morgan fingerprint density at radius 1 is 0.455 bits per heavy atom. The molecule has 0 amide bonds. The van der Waals surface area contributed by atoms with E-state index in [4.69, 9.17) is 51.8 Å². The van der Waals surface area contributed by atoms with Crippen LogP contribution in [0.1, 0.15) is 33.6 Å². The Balaban J connectivity index is 1.64. The molecule has 1 fully saturated rings. The van der Waals surface area contributed by atoms with Crippen molar-refractivity contribution in [3.8, 4) is 0 Å². The molecule has 0 saturated carbocycles. The number of ether oxygens (including phenoxy) is 10. The fourth-order valence-electron chi connectivity index (χ4n) is 3.67. The van der Waals surface area contributed by atoms with Gasteiger partial charge in [0.2, 0.25) is 0 Å². The molecular weight excluding hydrogens is 590 g/mol. The smallest absolute Gasteiger partial charge is 0.192 e. The number of piperidine rings is 1. The van der Waals surface area contributed by atoms with Crippen molar-refractivity contribution in [2.45, 2.75) is 57.8 Å². The van der Waals surface area contributed by atoms with Gasteiger partial charge in [-0.1, -0.05) is 20.8 Å². The van der Waals surface area contributed by atoms with Crippen molar-refractivity contribution in [1.82, 2.24) is 5.32 Å². The van der Waals surface area contributed by atoms with Gasteiger partial charge in [0.1, 0.15) is 0 Å². The molecule has 0 aromatic carbocycles. The van der Waals surface area contributed by atoms with Gasteiger partial charge in [0.25, 0.3) is 0 Å². The number of hydrogen-bond donors (Lipinski definition) is 1. The van der Waals surface area contributed by atoms with Gasteiger partial charge in [-0.15, -0.1) is 0 Å². The van der Waals surface area contributed by atoms with Crippen LogP contribution < -0.4 is 5.32 Å². The van der Waals surface area contributed by atoms with Crippen molar-refractivity contribution in [2.75, 3.05) is 145 Å². The highest BCUT2D eigenvalue weighted by Crippen LogP contribution is 2.36. The van der Waals surface area contributed by atoms with E-state index in [2.05, 4.69) is 39.2 Å². The molecule has 0 bridgehead atoms. The van der Waals surface area contributed by atoms with Gasteiger partial charge >= 0.3 is 0 Å². The molecule has 44 heavy (non-hydrogen) atoms. The van der Waals surface area contributed by atoms with Crippen LogP contribution in [0.15, 0.2) is 0 Å². The topological polar surface area (TPSA) is 114 Å². The molecule has 264 valence electrons. The second kappa shape index (κ2) is 28.9. The highest BCUT2D eigenvalue weighted by Gasteiger charge is 2.36. The van der Waals surface area contributed by atoms with E-state index in [0.717, 1.165) is 25.9 Å². The minimum absolute atomic E-state index is 0.220. The Morgan fingerprint density at radius 2 is 0.727 bits per heavy atom. The minimum atomic E-state index is -1.69. The van der Waals surface area contributed by atoms with Crippen LogP contribution in [-0.4, -0.2) is 160 Å². The molecule has 1 aliphatic rings. The molecule has 0 aliphatic carbocycles. The van der Waals surface area contributed by atoms with Crippen molar-refractivity contribution in [3.05, 3.63) is 0 Å². The summed E-state index contributed by atoms with van der Waals surface area (Å²) in [5, 5.41) is 3.55. The SMILES string of the molecule is CC(C)(C)[Si](C)(C)OCCOCCOCCOCCOCCOCCOCCOCCOCCOCCOC1CCNCC1. The fraction of sp³-hybridized carbons (Fsp3) is 1.00. The Labute approximate surface area is 268 Å². The summed E-state index contributed by atoms with van der Waals surface area (Å²) in [4.78, 5) is 0. The van der Waals surface area contributed by atoms with Crippen molar-refractivity contribution in [2.24, 2.45) is 0 Å². The van der Waals surface area contributed by atoms with Crippen molar-refractivity contribution < 1.29 is 51.8 Å². The van der Waals surface area contributed by atoms with Gasteiger partial charge < -0.3 is 57.1 Å². The highest BCUT2D eigenvalue weighted by molar-refractivity contribution is 6.74. The quantitative estimate of drug-likeness (QED) is 0.0850. The van der Waals surface area contributed by atoms with E-state index in [1.807, 2.05) is 0 Å². The summed E-state index contributed by atoms with van der Waals surface area (Å²) in [7, 11) is -1.69. The third-order valence-electron chi connectivity index (χ3n) is 7.34. The predicted molar refractivity (Wildman–Crippen MR) is 172 cm³/mol. The highest BCUT2D eigenvalue weighted by atomic mass is 28.4. The molecule has 1 N–H and O–H groups in total. The molecule has 13 heteroatoms. The fourth-order valence-corrected chi connectivity index (χ4v) is 4.70. The largest absolute Gasteiger partial charge is 0.414 e. The van der Waals surface area contributed by atoms with Crippen LogP contribution in [0.4, 0.5) is 0 Å². The summed E-state index contributed by atoms with van der Waals surface area (Å²) in [5.74, 6) is 0. The number of hydrogen-bond acceptors (Lipinski definition) is 12. The molecule has 1 aliphatic heterocycles. The van der Waals surface area contributed by atoms with Gasteiger partial charge in [-0.05, 0) is 44.1 Å². The van der Waals surface area contributed by atoms with E-state index in [1.165, 1.54) is 0 Å². The first-order valence-corrected chi connectivity index (χ1v) is 19.4. The number of nitrogens with one attached hydrogen (secondary N) is 1. The molecule has 0 aromatic heterocycles. The van der Waals surface area contributed by atoms with Gasteiger partial charge in [-0.25, -0.2) is 0 Å². The lowest BCUT2D eigenvalue weighted by molar-refractivity contribution is -0.0322. The van der Waals surface area contributed by atoms with E-state index in [0.29, 0.717) is 138 Å². The molecule has 12 nitrogen and oxygen atoms in total. The molecular formula is C31H65NO11Si. The predicted octanol–water partition coefficient (Wildman–Crippen LogP) is 2.93. The third kappa shape index (κ3) is 25.9. The van der Waals surface area contributed by atoms with Gasteiger partial charge in [0.05, 0.1) is 138 Å². The Bertz CT molecular complexity index is 608. The van der Waals surface area contributed by atoms with Crippen LogP contribution in [0.5, 0.6) is 0 Å². The molecule has 0 atom stereocenters. The lowest BCUT2D eigenvalue weighted by atomic mass is 10.1. The first kappa shape index (κ1) is 41.8. The van der Waals surface area contributed by atoms with E-state index in [1.54, 1.807) is 0 Å². The minimum Gasteiger partial charge on any atom is -0.414 e. The lowest BCUT2D eigenvalue weighted by Gasteiger charge is -2.36. The number of rotatable bonds is 32. The zero-order chi connectivity index (χ0) is 32.0. The van der Waals surface area contributed by atoms with Gasteiger partial charge in [0, 0.05) is 0 Å². The normalized spacial score (nSPS) is 14.9. The van der Waals surface area contributed by atoms with E-state index < -0.39 is 8.32 Å². The average molecular weight is 656 g/mol.